The maximum absolute atomic E-state index is 11.7. The second-order valence-electron chi connectivity index (χ2n) is 3.58. The number of aryl methyl sites for hydroxylation is 1. The van der Waals surface area contributed by atoms with E-state index in [-0.39, 0.29) is 18.9 Å². The van der Waals surface area contributed by atoms with Gasteiger partial charge in [0, 0.05) is 18.5 Å². The zero-order chi connectivity index (χ0) is 12.8. The SMILES string of the molecule is COC(CNC(=O)c1ccc(C)s1)CC(=O)O. The zero-order valence-corrected chi connectivity index (χ0v) is 10.5. The number of hydrogen-bond donors (Lipinski definition) is 2. The van der Waals surface area contributed by atoms with Crippen molar-refractivity contribution in [3.63, 3.8) is 0 Å². The van der Waals surface area contributed by atoms with Crippen molar-refractivity contribution in [2.24, 2.45) is 0 Å². The molecule has 2 N–H and O–H groups in total. The van der Waals surface area contributed by atoms with E-state index in [1.165, 1.54) is 18.4 Å². The van der Waals surface area contributed by atoms with E-state index in [1.807, 2.05) is 13.0 Å². The van der Waals surface area contributed by atoms with Crippen LogP contribution in [0.5, 0.6) is 0 Å². The number of carbonyl (C=O) groups is 2. The summed E-state index contributed by atoms with van der Waals surface area (Å²) in [6.45, 7) is 2.11. The van der Waals surface area contributed by atoms with Crippen LogP contribution in [0.1, 0.15) is 21.0 Å². The van der Waals surface area contributed by atoms with Gasteiger partial charge >= 0.3 is 5.97 Å². The fourth-order valence-electron chi connectivity index (χ4n) is 1.28. The van der Waals surface area contributed by atoms with Crippen molar-refractivity contribution >= 4 is 23.2 Å². The van der Waals surface area contributed by atoms with Crippen LogP contribution in [0.15, 0.2) is 12.1 Å². The summed E-state index contributed by atoms with van der Waals surface area (Å²) in [4.78, 5) is 23.8. The van der Waals surface area contributed by atoms with E-state index in [9.17, 15) is 9.59 Å². The molecule has 1 rings (SSSR count). The lowest BCUT2D eigenvalue weighted by Crippen LogP contribution is -2.34. The highest BCUT2D eigenvalue weighted by molar-refractivity contribution is 7.13. The van der Waals surface area contributed by atoms with Gasteiger partial charge in [-0.1, -0.05) is 0 Å². The Labute approximate surface area is 103 Å². The molecule has 1 unspecified atom stereocenters. The average Bonchev–Trinajstić information content (AvgIpc) is 2.70. The van der Waals surface area contributed by atoms with E-state index in [0.29, 0.717) is 4.88 Å². The van der Waals surface area contributed by atoms with Gasteiger partial charge in [-0.05, 0) is 19.1 Å². The molecule has 1 aromatic rings. The van der Waals surface area contributed by atoms with Crippen LogP contribution in [0.2, 0.25) is 0 Å². The molecule has 1 amide bonds. The molecule has 94 valence electrons. The normalized spacial score (nSPS) is 12.1. The number of carbonyl (C=O) groups excluding carboxylic acids is 1. The van der Waals surface area contributed by atoms with E-state index in [2.05, 4.69) is 5.32 Å². The van der Waals surface area contributed by atoms with Crippen molar-refractivity contribution in [3.8, 4) is 0 Å². The van der Waals surface area contributed by atoms with Gasteiger partial charge in [-0.2, -0.15) is 0 Å². The van der Waals surface area contributed by atoms with E-state index in [4.69, 9.17) is 9.84 Å². The van der Waals surface area contributed by atoms with E-state index in [0.717, 1.165) is 4.88 Å². The standard InChI is InChI=1S/C11H15NO4S/c1-7-3-4-9(17-7)11(15)12-6-8(16-2)5-10(13)14/h3-4,8H,5-6H2,1-2H3,(H,12,15)(H,13,14). The van der Waals surface area contributed by atoms with Crippen LogP contribution in [-0.2, 0) is 9.53 Å². The van der Waals surface area contributed by atoms with Gasteiger partial charge < -0.3 is 15.2 Å². The Kier molecular flexibility index (Phi) is 5.11. The summed E-state index contributed by atoms with van der Waals surface area (Å²) in [6.07, 6.45) is -0.627. The Hall–Kier alpha value is -1.40. The average molecular weight is 257 g/mol. The molecule has 0 radical (unpaired) electrons. The minimum atomic E-state index is -0.946. The monoisotopic (exact) mass is 257 g/mol. The van der Waals surface area contributed by atoms with E-state index < -0.39 is 12.1 Å². The predicted molar refractivity (Wildman–Crippen MR) is 64.4 cm³/mol. The smallest absolute Gasteiger partial charge is 0.306 e. The Morgan fingerprint density at radius 1 is 1.53 bits per heavy atom. The second-order valence-corrected chi connectivity index (χ2v) is 4.86. The Balaban J connectivity index is 2.44. The van der Waals surface area contributed by atoms with E-state index in [1.54, 1.807) is 6.07 Å². The number of amides is 1. The van der Waals surface area contributed by atoms with Crippen LogP contribution in [0.4, 0.5) is 0 Å². The molecule has 0 saturated heterocycles. The maximum Gasteiger partial charge on any atom is 0.306 e. The lowest BCUT2D eigenvalue weighted by molar-refractivity contribution is -0.139. The second kappa shape index (κ2) is 6.36. The first-order valence-electron chi connectivity index (χ1n) is 5.12. The van der Waals surface area contributed by atoms with Gasteiger partial charge in [-0.15, -0.1) is 11.3 Å². The number of aliphatic carboxylic acids is 1. The molecule has 0 aliphatic carbocycles. The largest absolute Gasteiger partial charge is 0.481 e. The van der Waals surface area contributed by atoms with Crippen LogP contribution in [0.3, 0.4) is 0 Å². The van der Waals surface area contributed by atoms with Crippen molar-refractivity contribution in [2.75, 3.05) is 13.7 Å². The molecule has 0 spiro atoms. The van der Waals surface area contributed by atoms with Gasteiger partial charge in [0.05, 0.1) is 17.4 Å². The summed E-state index contributed by atoms with van der Waals surface area (Å²) >= 11 is 1.40. The molecule has 0 aliphatic heterocycles. The third-order valence-electron chi connectivity index (χ3n) is 2.19. The Morgan fingerprint density at radius 2 is 2.24 bits per heavy atom. The van der Waals surface area contributed by atoms with Gasteiger partial charge in [0.1, 0.15) is 0 Å². The summed E-state index contributed by atoms with van der Waals surface area (Å²) in [5, 5.41) is 11.3. The summed E-state index contributed by atoms with van der Waals surface area (Å²) in [7, 11) is 1.43. The molecule has 0 fully saturated rings. The minimum absolute atomic E-state index is 0.125. The Morgan fingerprint density at radius 3 is 2.71 bits per heavy atom. The lowest BCUT2D eigenvalue weighted by Gasteiger charge is -2.13. The molecule has 5 nitrogen and oxygen atoms in total. The number of thiophene rings is 1. The van der Waals surface area contributed by atoms with Crippen LogP contribution in [-0.4, -0.2) is 36.7 Å². The number of rotatable bonds is 6. The Bertz CT molecular complexity index is 402. The quantitative estimate of drug-likeness (QED) is 0.805. The van der Waals surface area contributed by atoms with Crippen LogP contribution in [0.25, 0.3) is 0 Å². The number of ether oxygens (including phenoxy) is 1. The van der Waals surface area contributed by atoms with Gasteiger partial charge in [0.25, 0.3) is 5.91 Å². The number of carboxylic acids is 1. The lowest BCUT2D eigenvalue weighted by atomic mass is 10.2. The summed E-state index contributed by atoms with van der Waals surface area (Å²) in [5.74, 6) is -1.14. The number of methoxy groups -OCH3 is 1. The highest BCUT2D eigenvalue weighted by atomic mass is 32.1. The first kappa shape index (κ1) is 13.7. The zero-order valence-electron chi connectivity index (χ0n) is 9.73. The maximum atomic E-state index is 11.7. The summed E-state index contributed by atoms with van der Waals surface area (Å²) < 4.78 is 4.96. The number of nitrogens with one attached hydrogen (secondary N) is 1. The molecular formula is C11H15NO4S. The number of carboxylic acid groups (broad SMARTS) is 1. The predicted octanol–water partition coefficient (Wildman–Crippen LogP) is 1.28. The topological polar surface area (TPSA) is 75.6 Å². The van der Waals surface area contributed by atoms with Crippen molar-refractivity contribution in [1.82, 2.24) is 5.32 Å². The molecule has 0 saturated carbocycles. The first-order chi connectivity index (χ1) is 8.02. The molecule has 0 aromatic carbocycles. The minimum Gasteiger partial charge on any atom is -0.481 e. The molecule has 1 heterocycles. The molecule has 0 bridgehead atoms. The molecule has 6 heteroatoms. The fourth-order valence-corrected chi connectivity index (χ4v) is 2.07. The van der Waals surface area contributed by atoms with Crippen molar-refractivity contribution in [3.05, 3.63) is 21.9 Å². The van der Waals surface area contributed by atoms with Crippen LogP contribution < -0.4 is 5.32 Å². The molecule has 0 aliphatic rings. The number of hydrogen-bond acceptors (Lipinski definition) is 4. The molecular weight excluding hydrogens is 242 g/mol. The van der Waals surface area contributed by atoms with Crippen LogP contribution >= 0.6 is 11.3 Å². The van der Waals surface area contributed by atoms with Crippen molar-refractivity contribution < 1.29 is 19.4 Å². The highest BCUT2D eigenvalue weighted by Gasteiger charge is 2.14. The fraction of sp³-hybridized carbons (Fsp3) is 0.455. The highest BCUT2D eigenvalue weighted by Crippen LogP contribution is 2.14. The van der Waals surface area contributed by atoms with Crippen molar-refractivity contribution in [1.29, 1.82) is 0 Å². The van der Waals surface area contributed by atoms with Gasteiger partial charge in [-0.25, -0.2) is 0 Å². The molecule has 1 atom stereocenters. The summed E-state index contributed by atoms with van der Waals surface area (Å²) in [5.41, 5.74) is 0. The molecule has 17 heavy (non-hydrogen) atoms. The molecule has 1 aromatic heterocycles. The first-order valence-corrected chi connectivity index (χ1v) is 5.93. The third-order valence-corrected chi connectivity index (χ3v) is 3.19. The third kappa shape index (κ3) is 4.54. The van der Waals surface area contributed by atoms with Crippen LogP contribution in [0, 0.1) is 6.92 Å². The van der Waals surface area contributed by atoms with Gasteiger partial charge in [0.15, 0.2) is 0 Å². The van der Waals surface area contributed by atoms with Gasteiger partial charge in [-0.3, -0.25) is 9.59 Å². The van der Waals surface area contributed by atoms with E-state index >= 15 is 0 Å². The van der Waals surface area contributed by atoms with Crippen molar-refractivity contribution in [2.45, 2.75) is 19.4 Å². The summed E-state index contributed by atoms with van der Waals surface area (Å²) in [6, 6.07) is 3.61. The van der Waals surface area contributed by atoms with Gasteiger partial charge in [0.2, 0.25) is 0 Å².